The molecule has 2 aromatic rings. The maximum Gasteiger partial charge on any atom is 0.163 e. The molecule has 0 bridgehead atoms. The van der Waals surface area contributed by atoms with Crippen LogP contribution in [0.4, 0.5) is 4.39 Å². The topological polar surface area (TPSA) is 44.5 Å². The number of methoxy groups -OCH3 is 2. The Morgan fingerprint density at radius 1 is 1.10 bits per heavy atom. The van der Waals surface area contributed by atoms with Crippen LogP contribution in [0.1, 0.15) is 22.7 Å². The summed E-state index contributed by atoms with van der Waals surface area (Å²) in [6.07, 6.45) is 0. The van der Waals surface area contributed by atoms with Crippen LogP contribution in [0.15, 0.2) is 30.3 Å². The Kier molecular flexibility index (Phi) is 4.70. The van der Waals surface area contributed by atoms with E-state index < -0.39 is 11.9 Å². The Bertz CT molecular complexity index is 661. The number of hydrogen-bond donors (Lipinski definition) is 1. The Morgan fingerprint density at radius 2 is 1.71 bits per heavy atom. The fraction of sp³-hybridized carbons (Fsp3) is 0.250. The van der Waals surface area contributed by atoms with Gasteiger partial charge in [0.05, 0.1) is 20.3 Å². The summed E-state index contributed by atoms with van der Waals surface area (Å²) in [7, 11) is 2.94. The molecule has 21 heavy (non-hydrogen) atoms. The molecular weight excluding hydrogens is 293 g/mol. The molecule has 0 saturated heterocycles. The molecule has 3 nitrogen and oxygen atoms in total. The lowest BCUT2D eigenvalue weighted by Gasteiger charge is -2.18. The van der Waals surface area contributed by atoms with Gasteiger partial charge >= 0.3 is 0 Å². The highest BCUT2D eigenvalue weighted by Gasteiger charge is 2.20. The van der Waals surface area contributed by atoms with E-state index in [9.17, 15) is 4.39 Å². The zero-order valence-corrected chi connectivity index (χ0v) is 12.9. The van der Waals surface area contributed by atoms with Gasteiger partial charge in [-0.3, -0.25) is 0 Å². The Labute approximate surface area is 128 Å². The lowest BCUT2D eigenvalue weighted by atomic mass is 9.97. The van der Waals surface area contributed by atoms with Gasteiger partial charge in [-0.2, -0.15) is 0 Å². The van der Waals surface area contributed by atoms with Crippen LogP contribution >= 0.6 is 11.6 Å². The van der Waals surface area contributed by atoms with Crippen LogP contribution in [0.25, 0.3) is 0 Å². The molecule has 2 aromatic carbocycles. The number of benzene rings is 2. The second-order valence-corrected chi connectivity index (χ2v) is 5.06. The second-order valence-electron chi connectivity index (χ2n) is 4.68. The molecule has 0 radical (unpaired) electrons. The molecule has 0 aliphatic heterocycles. The van der Waals surface area contributed by atoms with Crippen molar-refractivity contribution in [2.24, 2.45) is 5.73 Å². The van der Waals surface area contributed by atoms with Crippen molar-refractivity contribution in [3.8, 4) is 11.5 Å². The van der Waals surface area contributed by atoms with Crippen molar-refractivity contribution in [3.05, 3.63) is 57.9 Å². The maximum absolute atomic E-state index is 14.3. The third-order valence-electron chi connectivity index (χ3n) is 3.39. The molecule has 0 heterocycles. The highest BCUT2D eigenvalue weighted by Crippen LogP contribution is 2.35. The normalized spacial score (nSPS) is 12.1. The molecular formula is C16H17ClFNO2. The molecule has 0 fully saturated rings. The van der Waals surface area contributed by atoms with Gasteiger partial charge in [0, 0.05) is 16.7 Å². The molecule has 5 heteroatoms. The van der Waals surface area contributed by atoms with Crippen molar-refractivity contribution in [1.29, 1.82) is 0 Å². The smallest absolute Gasteiger partial charge is 0.163 e. The van der Waals surface area contributed by atoms with Gasteiger partial charge in [0.15, 0.2) is 11.5 Å². The first-order valence-corrected chi connectivity index (χ1v) is 6.79. The van der Waals surface area contributed by atoms with E-state index in [1.54, 1.807) is 6.07 Å². The number of halogens is 2. The molecule has 0 spiro atoms. The van der Waals surface area contributed by atoms with E-state index in [1.165, 1.54) is 26.4 Å². The molecule has 112 valence electrons. The van der Waals surface area contributed by atoms with E-state index in [0.717, 1.165) is 5.56 Å². The van der Waals surface area contributed by atoms with E-state index in [4.69, 9.17) is 26.8 Å². The standard InChI is InChI=1S/C16H17ClFNO2/c1-9-5-4-6-10(15(9)17)16(19)11-7-13(20-2)14(21-3)8-12(11)18/h4-8,16H,19H2,1-3H3. The van der Waals surface area contributed by atoms with E-state index in [1.807, 2.05) is 19.1 Å². The predicted octanol–water partition coefficient (Wildman–Crippen LogP) is 3.85. The molecule has 1 unspecified atom stereocenters. The minimum Gasteiger partial charge on any atom is -0.493 e. The molecule has 0 saturated carbocycles. The summed E-state index contributed by atoms with van der Waals surface area (Å²) in [5.41, 5.74) is 8.05. The molecule has 0 aliphatic rings. The first-order chi connectivity index (χ1) is 9.99. The van der Waals surface area contributed by atoms with Gasteiger partial charge in [0.1, 0.15) is 5.82 Å². The highest BCUT2D eigenvalue weighted by atomic mass is 35.5. The van der Waals surface area contributed by atoms with E-state index >= 15 is 0 Å². The summed E-state index contributed by atoms with van der Waals surface area (Å²) >= 11 is 6.26. The van der Waals surface area contributed by atoms with Gasteiger partial charge in [-0.15, -0.1) is 0 Å². The van der Waals surface area contributed by atoms with Gasteiger partial charge in [0.2, 0.25) is 0 Å². The van der Waals surface area contributed by atoms with Crippen LogP contribution in [0.5, 0.6) is 11.5 Å². The zero-order valence-electron chi connectivity index (χ0n) is 12.1. The summed E-state index contributed by atoms with van der Waals surface area (Å²) < 4.78 is 24.5. The molecule has 1 atom stereocenters. The first kappa shape index (κ1) is 15.6. The van der Waals surface area contributed by atoms with E-state index in [0.29, 0.717) is 27.6 Å². The summed E-state index contributed by atoms with van der Waals surface area (Å²) in [4.78, 5) is 0. The average molecular weight is 310 g/mol. The van der Waals surface area contributed by atoms with E-state index in [2.05, 4.69) is 0 Å². The summed E-state index contributed by atoms with van der Waals surface area (Å²) in [6, 6.07) is 7.63. The largest absolute Gasteiger partial charge is 0.493 e. The molecule has 0 aromatic heterocycles. The minimum absolute atomic E-state index is 0.306. The third-order valence-corrected chi connectivity index (χ3v) is 3.91. The van der Waals surface area contributed by atoms with Crippen LogP contribution in [-0.2, 0) is 0 Å². The van der Waals surface area contributed by atoms with Crippen molar-refractivity contribution in [1.82, 2.24) is 0 Å². The number of hydrogen-bond acceptors (Lipinski definition) is 3. The Morgan fingerprint density at radius 3 is 2.33 bits per heavy atom. The Balaban J connectivity index is 2.53. The van der Waals surface area contributed by atoms with Crippen molar-refractivity contribution < 1.29 is 13.9 Å². The molecule has 0 aliphatic carbocycles. The van der Waals surface area contributed by atoms with Crippen LogP contribution < -0.4 is 15.2 Å². The van der Waals surface area contributed by atoms with Gasteiger partial charge in [0.25, 0.3) is 0 Å². The summed E-state index contributed by atoms with van der Waals surface area (Å²) in [6.45, 7) is 1.88. The third kappa shape index (κ3) is 2.96. The summed E-state index contributed by atoms with van der Waals surface area (Å²) in [5.74, 6) is 0.284. The van der Waals surface area contributed by atoms with Gasteiger partial charge in [-0.25, -0.2) is 4.39 Å². The van der Waals surface area contributed by atoms with Crippen molar-refractivity contribution in [3.63, 3.8) is 0 Å². The number of nitrogens with two attached hydrogens (primary N) is 1. The lowest BCUT2D eigenvalue weighted by molar-refractivity contribution is 0.351. The number of aryl methyl sites for hydroxylation is 1. The van der Waals surface area contributed by atoms with Gasteiger partial charge in [-0.1, -0.05) is 29.8 Å². The average Bonchev–Trinajstić information content (AvgIpc) is 2.49. The van der Waals surface area contributed by atoms with Crippen molar-refractivity contribution >= 4 is 11.6 Å². The van der Waals surface area contributed by atoms with Crippen LogP contribution in [0.3, 0.4) is 0 Å². The highest BCUT2D eigenvalue weighted by molar-refractivity contribution is 6.32. The number of ether oxygens (including phenoxy) is 2. The lowest BCUT2D eigenvalue weighted by Crippen LogP contribution is -2.15. The zero-order chi connectivity index (χ0) is 15.6. The van der Waals surface area contributed by atoms with Crippen molar-refractivity contribution in [2.45, 2.75) is 13.0 Å². The van der Waals surface area contributed by atoms with Crippen molar-refractivity contribution in [2.75, 3.05) is 14.2 Å². The summed E-state index contributed by atoms with van der Waals surface area (Å²) in [5, 5.41) is 0.541. The van der Waals surface area contributed by atoms with E-state index in [-0.39, 0.29) is 0 Å². The minimum atomic E-state index is -0.683. The maximum atomic E-state index is 14.3. The van der Waals surface area contributed by atoms with Crippen LogP contribution in [-0.4, -0.2) is 14.2 Å². The first-order valence-electron chi connectivity index (χ1n) is 6.41. The quantitative estimate of drug-likeness (QED) is 0.933. The van der Waals surface area contributed by atoms with Crippen LogP contribution in [0, 0.1) is 12.7 Å². The number of rotatable bonds is 4. The SMILES string of the molecule is COc1cc(F)c(C(N)c2cccc(C)c2Cl)cc1OC. The Hall–Kier alpha value is -1.78. The van der Waals surface area contributed by atoms with Gasteiger partial charge < -0.3 is 15.2 Å². The fourth-order valence-corrected chi connectivity index (χ4v) is 2.43. The molecule has 0 amide bonds. The monoisotopic (exact) mass is 309 g/mol. The second kappa shape index (κ2) is 6.33. The predicted molar refractivity (Wildman–Crippen MR) is 81.7 cm³/mol. The van der Waals surface area contributed by atoms with Gasteiger partial charge in [-0.05, 0) is 24.1 Å². The fourth-order valence-electron chi connectivity index (χ4n) is 2.19. The van der Waals surface area contributed by atoms with Crippen LogP contribution in [0.2, 0.25) is 5.02 Å². The molecule has 2 rings (SSSR count). The molecule has 2 N–H and O–H groups in total.